The Morgan fingerprint density at radius 2 is 1.52 bits per heavy atom. The molecule has 0 radical (unpaired) electrons. The molecule has 0 atom stereocenters. The minimum absolute atomic E-state index is 0.0915. The molecule has 0 saturated carbocycles. The molecule has 0 aromatic heterocycles. The Balaban J connectivity index is 1.46. The van der Waals surface area contributed by atoms with E-state index < -0.39 is 10.0 Å². The van der Waals surface area contributed by atoms with Crippen LogP contribution in [0.3, 0.4) is 0 Å². The normalized spacial score (nSPS) is 15.2. The van der Waals surface area contributed by atoms with E-state index in [-0.39, 0.29) is 23.9 Å². The summed E-state index contributed by atoms with van der Waals surface area (Å²) >= 11 is 0. The summed E-state index contributed by atoms with van der Waals surface area (Å²) in [6.45, 7) is 1.14. The molecule has 4 rings (SSSR count). The SMILES string of the molecule is N#Cc1ccc(S(=O)(=O)N2CCN(C(=O)c3ccc4ccccc4c3)CC2)cc1. The fourth-order valence-electron chi connectivity index (χ4n) is 3.49. The van der Waals surface area contributed by atoms with Gasteiger partial charge < -0.3 is 4.90 Å². The monoisotopic (exact) mass is 405 g/mol. The molecule has 7 heteroatoms. The Hall–Kier alpha value is -3.21. The minimum Gasteiger partial charge on any atom is -0.336 e. The predicted octanol–water partition coefficient (Wildman–Crippen LogP) is 2.86. The van der Waals surface area contributed by atoms with Crippen molar-refractivity contribution in [2.45, 2.75) is 4.90 Å². The third-order valence-electron chi connectivity index (χ3n) is 5.14. The molecular formula is C22H19N3O3S. The van der Waals surface area contributed by atoms with Crippen LogP contribution in [0.4, 0.5) is 0 Å². The number of hydrogen-bond acceptors (Lipinski definition) is 4. The number of benzene rings is 3. The van der Waals surface area contributed by atoms with Gasteiger partial charge in [0, 0.05) is 31.7 Å². The molecule has 6 nitrogen and oxygen atoms in total. The lowest BCUT2D eigenvalue weighted by Gasteiger charge is -2.34. The van der Waals surface area contributed by atoms with Crippen molar-refractivity contribution in [2.75, 3.05) is 26.2 Å². The van der Waals surface area contributed by atoms with E-state index in [1.165, 1.54) is 28.6 Å². The third kappa shape index (κ3) is 3.73. The molecule has 146 valence electrons. The van der Waals surface area contributed by atoms with Gasteiger partial charge in [-0.2, -0.15) is 9.57 Å². The number of nitrogens with zero attached hydrogens (tertiary/aromatic N) is 3. The Morgan fingerprint density at radius 3 is 2.17 bits per heavy atom. The molecule has 3 aromatic rings. The van der Waals surface area contributed by atoms with Crippen LogP contribution in [0.5, 0.6) is 0 Å². The van der Waals surface area contributed by atoms with Crippen molar-refractivity contribution in [2.24, 2.45) is 0 Å². The van der Waals surface area contributed by atoms with Crippen molar-refractivity contribution in [1.29, 1.82) is 5.26 Å². The van der Waals surface area contributed by atoms with Crippen LogP contribution >= 0.6 is 0 Å². The van der Waals surface area contributed by atoms with Gasteiger partial charge in [-0.25, -0.2) is 8.42 Å². The van der Waals surface area contributed by atoms with Crippen LogP contribution in [0.2, 0.25) is 0 Å². The van der Waals surface area contributed by atoms with Gasteiger partial charge in [0.25, 0.3) is 5.91 Å². The summed E-state index contributed by atoms with van der Waals surface area (Å²) < 4.78 is 27.0. The molecule has 1 saturated heterocycles. The van der Waals surface area contributed by atoms with Crippen LogP contribution in [0.15, 0.2) is 71.6 Å². The van der Waals surface area contributed by atoms with E-state index in [0.29, 0.717) is 24.2 Å². The number of sulfonamides is 1. The van der Waals surface area contributed by atoms with Gasteiger partial charge in [0.05, 0.1) is 16.5 Å². The standard InChI is InChI=1S/C22H19N3O3S/c23-16-17-5-9-21(10-6-17)29(27,28)25-13-11-24(12-14-25)22(26)20-8-7-18-3-1-2-4-19(18)15-20/h1-10,15H,11-14H2. The van der Waals surface area contributed by atoms with E-state index in [1.54, 1.807) is 4.90 Å². The first-order valence-corrected chi connectivity index (χ1v) is 10.7. The Morgan fingerprint density at radius 1 is 0.862 bits per heavy atom. The van der Waals surface area contributed by atoms with E-state index in [2.05, 4.69) is 0 Å². The molecule has 29 heavy (non-hydrogen) atoms. The zero-order chi connectivity index (χ0) is 20.4. The molecule has 1 heterocycles. The zero-order valence-electron chi connectivity index (χ0n) is 15.7. The molecule has 3 aromatic carbocycles. The van der Waals surface area contributed by atoms with Crippen LogP contribution < -0.4 is 0 Å². The summed E-state index contributed by atoms with van der Waals surface area (Å²) in [5.74, 6) is -0.0915. The average molecular weight is 405 g/mol. The van der Waals surface area contributed by atoms with E-state index in [0.717, 1.165) is 10.8 Å². The van der Waals surface area contributed by atoms with E-state index in [9.17, 15) is 13.2 Å². The fraction of sp³-hybridized carbons (Fsp3) is 0.182. The lowest BCUT2D eigenvalue weighted by atomic mass is 10.1. The topological polar surface area (TPSA) is 81.5 Å². The third-order valence-corrected chi connectivity index (χ3v) is 7.06. The number of carbonyl (C=O) groups is 1. The molecular weight excluding hydrogens is 386 g/mol. The van der Waals surface area contributed by atoms with Crippen LogP contribution in [0.25, 0.3) is 10.8 Å². The van der Waals surface area contributed by atoms with Gasteiger partial charge in [-0.3, -0.25) is 4.79 Å². The van der Waals surface area contributed by atoms with E-state index in [4.69, 9.17) is 5.26 Å². The second-order valence-electron chi connectivity index (χ2n) is 6.89. The molecule has 1 amide bonds. The second kappa shape index (κ2) is 7.66. The number of piperazine rings is 1. The van der Waals surface area contributed by atoms with Gasteiger partial charge in [-0.1, -0.05) is 30.3 Å². The number of fused-ring (bicyclic) bond motifs is 1. The highest BCUT2D eigenvalue weighted by molar-refractivity contribution is 7.89. The van der Waals surface area contributed by atoms with Crippen LogP contribution in [-0.4, -0.2) is 49.7 Å². The lowest BCUT2D eigenvalue weighted by Crippen LogP contribution is -2.50. The van der Waals surface area contributed by atoms with Gasteiger partial charge in [-0.05, 0) is 47.2 Å². The molecule has 0 spiro atoms. The number of rotatable bonds is 3. The first kappa shape index (κ1) is 19.1. The van der Waals surface area contributed by atoms with Crippen molar-refractivity contribution >= 4 is 26.7 Å². The maximum absolute atomic E-state index is 12.9. The smallest absolute Gasteiger partial charge is 0.253 e. The maximum atomic E-state index is 12.9. The molecule has 0 N–H and O–H groups in total. The Labute approximate surface area is 169 Å². The fourth-order valence-corrected chi connectivity index (χ4v) is 4.91. The van der Waals surface area contributed by atoms with Gasteiger partial charge in [0.2, 0.25) is 10.0 Å². The Kier molecular flexibility index (Phi) is 5.05. The molecule has 0 bridgehead atoms. The quantitative estimate of drug-likeness (QED) is 0.671. The number of carbonyl (C=O) groups excluding carboxylic acids is 1. The van der Waals surface area contributed by atoms with Crippen molar-refractivity contribution in [3.8, 4) is 6.07 Å². The second-order valence-corrected chi connectivity index (χ2v) is 8.83. The number of hydrogen-bond donors (Lipinski definition) is 0. The maximum Gasteiger partial charge on any atom is 0.253 e. The molecule has 1 aliphatic rings. The Bertz CT molecular complexity index is 1210. The molecule has 0 aliphatic carbocycles. The first-order valence-electron chi connectivity index (χ1n) is 9.27. The van der Waals surface area contributed by atoms with Gasteiger partial charge in [-0.15, -0.1) is 0 Å². The van der Waals surface area contributed by atoms with Crippen molar-refractivity contribution in [3.05, 3.63) is 77.9 Å². The molecule has 1 fully saturated rings. The van der Waals surface area contributed by atoms with Crippen LogP contribution in [0.1, 0.15) is 15.9 Å². The number of amides is 1. The van der Waals surface area contributed by atoms with Gasteiger partial charge in [0.15, 0.2) is 0 Å². The summed E-state index contributed by atoms with van der Waals surface area (Å²) in [4.78, 5) is 14.7. The van der Waals surface area contributed by atoms with E-state index in [1.807, 2.05) is 48.5 Å². The summed E-state index contributed by atoms with van der Waals surface area (Å²) in [6, 6.07) is 21.3. The molecule has 1 aliphatic heterocycles. The minimum atomic E-state index is -3.64. The highest BCUT2D eigenvalue weighted by Crippen LogP contribution is 2.21. The predicted molar refractivity (Wildman–Crippen MR) is 110 cm³/mol. The lowest BCUT2D eigenvalue weighted by molar-refractivity contribution is 0.0698. The highest BCUT2D eigenvalue weighted by Gasteiger charge is 2.30. The summed E-state index contributed by atoms with van der Waals surface area (Å²) in [5, 5.41) is 10.9. The summed E-state index contributed by atoms with van der Waals surface area (Å²) in [6.07, 6.45) is 0. The first-order chi connectivity index (χ1) is 14.0. The highest BCUT2D eigenvalue weighted by atomic mass is 32.2. The van der Waals surface area contributed by atoms with Gasteiger partial charge in [0.1, 0.15) is 0 Å². The zero-order valence-corrected chi connectivity index (χ0v) is 16.5. The largest absolute Gasteiger partial charge is 0.336 e. The molecule has 0 unspecified atom stereocenters. The van der Waals surface area contributed by atoms with Crippen molar-refractivity contribution in [3.63, 3.8) is 0 Å². The van der Waals surface area contributed by atoms with Crippen LogP contribution in [-0.2, 0) is 10.0 Å². The van der Waals surface area contributed by atoms with Crippen molar-refractivity contribution in [1.82, 2.24) is 9.21 Å². The average Bonchev–Trinajstić information content (AvgIpc) is 2.78. The van der Waals surface area contributed by atoms with E-state index >= 15 is 0 Å². The van der Waals surface area contributed by atoms with Gasteiger partial charge >= 0.3 is 0 Å². The summed E-state index contributed by atoms with van der Waals surface area (Å²) in [7, 11) is -3.64. The summed E-state index contributed by atoms with van der Waals surface area (Å²) in [5.41, 5.74) is 1.02. The number of nitriles is 1. The van der Waals surface area contributed by atoms with Crippen LogP contribution in [0, 0.1) is 11.3 Å². The van der Waals surface area contributed by atoms with Crippen molar-refractivity contribution < 1.29 is 13.2 Å².